The Labute approximate surface area is 78.9 Å². The van der Waals surface area contributed by atoms with Crippen LogP contribution < -0.4 is 0 Å². The fourth-order valence-corrected chi connectivity index (χ4v) is 0.656. The van der Waals surface area contributed by atoms with Crippen molar-refractivity contribution in [3.63, 3.8) is 0 Å². The quantitative estimate of drug-likeness (QED) is 0.480. The number of phenolic OH excluding ortho intramolecular Hbond substituents is 2. The van der Waals surface area contributed by atoms with Crippen LogP contribution in [-0.4, -0.2) is 21.3 Å². The number of hydrogen-bond acceptors (Lipinski definition) is 3. The van der Waals surface area contributed by atoms with Crippen LogP contribution in [0.3, 0.4) is 0 Å². The summed E-state index contributed by atoms with van der Waals surface area (Å²) in [5.41, 5.74) is -0.0553. The molecule has 4 nitrogen and oxygen atoms in total. The van der Waals surface area contributed by atoms with Gasteiger partial charge in [0.15, 0.2) is 11.5 Å². The van der Waals surface area contributed by atoms with Gasteiger partial charge in [0.25, 0.3) is 0 Å². The van der Waals surface area contributed by atoms with Crippen molar-refractivity contribution in [3.8, 4) is 11.5 Å². The summed E-state index contributed by atoms with van der Waals surface area (Å²) in [5.74, 6) is -1.89. The van der Waals surface area contributed by atoms with Crippen molar-refractivity contribution in [1.82, 2.24) is 0 Å². The van der Waals surface area contributed by atoms with E-state index in [0.717, 1.165) is 12.1 Å². The van der Waals surface area contributed by atoms with Gasteiger partial charge < -0.3 is 15.3 Å². The molecule has 0 aromatic heterocycles. The van der Waals surface area contributed by atoms with Gasteiger partial charge in [-0.1, -0.05) is 0 Å². The first-order valence-corrected chi connectivity index (χ1v) is 2.86. The van der Waals surface area contributed by atoms with Gasteiger partial charge in [-0.3, -0.25) is 0 Å². The molecule has 1 radical (unpaired) electrons. The van der Waals surface area contributed by atoms with E-state index in [4.69, 9.17) is 15.3 Å². The van der Waals surface area contributed by atoms with Crippen molar-refractivity contribution in [3.05, 3.63) is 23.8 Å². The van der Waals surface area contributed by atoms with E-state index in [0.29, 0.717) is 0 Å². The number of rotatable bonds is 1. The van der Waals surface area contributed by atoms with Gasteiger partial charge >= 0.3 is 5.97 Å². The number of aromatic carboxylic acids is 1. The SMILES string of the molecule is O=C(O)c1ccc(O)c(O)c1.[Cu]. The van der Waals surface area contributed by atoms with Crippen LogP contribution in [0.2, 0.25) is 0 Å². The van der Waals surface area contributed by atoms with E-state index >= 15 is 0 Å². The average molecular weight is 218 g/mol. The van der Waals surface area contributed by atoms with Crippen molar-refractivity contribution >= 4 is 5.97 Å². The minimum atomic E-state index is -1.14. The molecule has 69 valence electrons. The van der Waals surface area contributed by atoms with E-state index in [1.165, 1.54) is 6.07 Å². The van der Waals surface area contributed by atoms with Gasteiger partial charge in [-0.15, -0.1) is 0 Å². The summed E-state index contributed by atoms with van der Waals surface area (Å²) < 4.78 is 0. The molecule has 0 heterocycles. The van der Waals surface area contributed by atoms with Crippen molar-refractivity contribution in [1.29, 1.82) is 0 Å². The van der Waals surface area contributed by atoms with Gasteiger partial charge in [0.1, 0.15) is 0 Å². The van der Waals surface area contributed by atoms with Crippen molar-refractivity contribution < 1.29 is 37.2 Å². The molecule has 3 N–H and O–H groups in total. The Balaban J connectivity index is 0.00000121. The van der Waals surface area contributed by atoms with E-state index in [9.17, 15) is 4.79 Å². The first kappa shape index (κ1) is 10.8. The zero-order chi connectivity index (χ0) is 8.43. The van der Waals surface area contributed by atoms with Crippen LogP contribution in [0.1, 0.15) is 10.4 Å². The molecule has 5 heteroatoms. The summed E-state index contributed by atoms with van der Waals surface area (Å²) in [7, 11) is 0. The minimum Gasteiger partial charge on any atom is -0.504 e. The molecule has 0 aliphatic heterocycles. The molecule has 1 aromatic carbocycles. The number of aromatic hydroxyl groups is 2. The summed E-state index contributed by atoms with van der Waals surface area (Å²) in [6.07, 6.45) is 0. The van der Waals surface area contributed by atoms with Gasteiger partial charge in [0.05, 0.1) is 5.56 Å². The Bertz CT molecular complexity index is 297. The summed E-state index contributed by atoms with van der Waals surface area (Å²) in [6.45, 7) is 0. The van der Waals surface area contributed by atoms with Crippen LogP contribution >= 0.6 is 0 Å². The zero-order valence-electron chi connectivity index (χ0n) is 5.78. The van der Waals surface area contributed by atoms with E-state index in [-0.39, 0.29) is 28.4 Å². The normalized spacial score (nSPS) is 8.67. The molecule has 0 fully saturated rings. The van der Waals surface area contributed by atoms with Crippen LogP contribution in [-0.2, 0) is 17.1 Å². The Morgan fingerprint density at radius 3 is 2.17 bits per heavy atom. The van der Waals surface area contributed by atoms with Crippen LogP contribution in [0.4, 0.5) is 0 Å². The maximum absolute atomic E-state index is 10.3. The maximum Gasteiger partial charge on any atom is 0.335 e. The number of phenols is 2. The summed E-state index contributed by atoms with van der Waals surface area (Å²) in [4.78, 5) is 10.3. The molecule has 1 aromatic rings. The minimum absolute atomic E-state index is 0. The summed E-state index contributed by atoms with van der Waals surface area (Å²) in [5, 5.41) is 26.0. The molecule has 0 saturated heterocycles. The smallest absolute Gasteiger partial charge is 0.335 e. The van der Waals surface area contributed by atoms with Gasteiger partial charge in [-0.25, -0.2) is 4.79 Å². The number of carboxylic acids is 1. The Morgan fingerprint density at radius 1 is 1.17 bits per heavy atom. The van der Waals surface area contributed by atoms with E-state index < -0.39 is 11.7 Å². The van der Waals surface area contributed by atoms with Crippen LogP contribution in [0.5, 0.6) is 11.5 Å². The second-order valence-electron chi connectivity index (χ2n) is 2.01. The molecule has 0 saturated carbocycles. The molecule has 0 amide bonds. The fraction of sp³-hybridized carbons (Fsp3) is 0. The summed E-state index contributed by atoms with van der Waals surface area (Å²) in [6, 6.07) is 3.31. The van der Waals surface area contributed by atoms with Crippen LogP contribution in [0.15, 0.2) is 18.2 Å². The van der Waals surface area contributed by atoms with Crippen molar-refractivity contribution in [2.24, 2.45) is 0 Å². The Hall–Kier alpha value is -1.19. The molecule has 0 spiro atoms. The number of carbonyl (C=O) groups is 1. The number of carboxylic acid groups (broad SMARTS) is 1. The third-order valence-corrected chi connectivity index (χ3v) is 1.22. The van der Waals surface area contributed by atoms with Crippen LogP contribution in [0.25, 0.3) is 0 Å². The predicted octanol–water partition coefficient (Wildman–Crippen LogP) is 0.793. The number of benzene rings is 1. The first-order valence-electron chi connectivity index (χ1n) is 2.86. The number of hydrogen-bond donors (Lipinski definition) is 3. The van der Waals surface area contributed by atoms with Gasteiger partial charge in [0, 0.05) is 17.1 Å². The molecular weight excluding hydrogens is 212 g/mol. The molecule has 0 atom stereocenters. The maximum atomic E-state index is 10.3. The molecule has 0 bridgehead atoms. The monoisotopic (exact) mass is 217 g/mol. The standard InChI is InChI=1S/C7H6O4.Cu/c8-5-2-1-4(7(10)11)3-6(5)9;/h1-3,8-9H,(H,10,11);. The molecule has 0 aliphatic carbocycles. The Morgan fingerprint density at radius 2 is 1.75 bits per heavy atom. The molecule has 1 rings (SSSR count). The second-order valence-corrected chi connectivity index (χ2v) is 2.01. The second kappa shape index (κ2) is 3.99. The van der Waals surface area contributed by atoms with Crippen molar-refractivity contribution in [2.45, 2.75) is 0 Å². The fourth-order valence-electron chi connectivity index (χ4n) is 0.656. The molecule has 0 aliphatic rings. The molecular formula is C7H6CuO4. The van der Waals surface area contributed by atoms with Crippen molar-refractivity contribution in [2.75, 3.05) is 0 Å². The first-order chi connectivity index (χ1) is 5.11. The van der Waals surface area contributed by atoms with E-state index in [1.54, 1.807) is 0 Å². The van der Waals surface area contributed by atoms with E-state index in [2.05, 4.69) is 0 Å². The predicted molar refractivity (Wildman–Crippen MR) is 36.7 cm³/mol. The van der Waals surface area contributed by atoms with Crippen LogP contribution in [0, 0.1) is 0 Å². The van der Waals surface area contributed by atoms with Gasteiger partial charge in [0.2, 0.25) is 0 Å². The van der Waals surface area contributed by atoms with E-state index in [1.807, 2.05) is 0 Å². The topological polar surface area (TPSA) is 77.8 Å². The van der Waals surface area contributed by atoms with Gasteiger partial charge in [-0.2, -0.15) is 0 Å². The third kappa shape index (κ3) is 2.15. The largest absolute Gasteiger partial charge is 0.504 e. The molecule has 12 heavy (non-hydrogen) atoms. The zero-order valence-corrected chi connectivity index (χ0v) is 6.73. The molecule has 0 unspecified atom stereocenters. The van der Waals surface area contributed by atoms with Gasteiger partial charge in [-0.05, 0) is 18.2 Å². The third-order valence-electron chi connectivity index (χ3n) is 1.22. The summed E-state index contributed by atoms with van der Waals surface area (Å²) >= 11 is 0. The Kier molecular flexibility index (Phi) is 3.60. The average Bonchev–Trinajstić information content (AvgIpc) is 1.94.